The molecule has 26 heavy (non-hydrogen) atoms. The van der Waals surface area contributed by atoms with Crippen LogP contribution in [-0.4, -0.2) is 11.0 Å². The quantitative estimate of drug-likeness (QED) is 0.461. The number of fused-ring (bicyclic) bond motifs is 1. The molecular formula is C19H15Cl2FN2O2. The molecule has 0 radical (unpaired) electrons. The van der Waals surface area contributed by atoms with Crippen LogP contribution in [0.5, 0.6) is 5.75 Å². The number of halogens is 3. The predicted molar refractivity (Wildman–Crippen MR) is 102 cm³/mol. The molecule has 7 heteroatoms. The van der Waals surface area contributed by atoms with Gasteiger partial charge >= 0.3 is 5.97 Å². The molecule has 134 valence electrons. The number of carbonyl (C=O) groups excluding carboxylic acids is 1. The maximum atomic E-state index is 13.5. The monoisotopic (exact) mass is 392 g/mol. The van der Waals surface area contributed by atoms with Crippen molar-refractivity contribution in [2.45, 2.75) is 19.8 Å². The highest BCUT2D eigenvalue weighted by Crippen LogP contribution is 2.41. The summed E-state index contributed by atoms with van der Waals surface area (Å²) in [7, 11) is 0. The summed E-state index contributed by atoms with van der Waals surface area (Å²) in [6.45, 7) is 1.89. The van der Waals surface area contributed by atoms with Gasteiger partial charge in [-0.2, -0.15) is 0 Å². The van der Waals surface area contributed by atoms with Crippen LogP contribution in [0.1, 0.15) is 19.8 Å². The lowest BCUT2D eigenvalue weighted by Crippen LogP contribution is -2.08. The van der Waals surface area contributed by atoms with Crippen molar-refractivity contribution in [2.75, 3.05) is 5.73 Å². The lowest BCUT2D eigenvalue weighted by atomic mass is 9.99. The van der Waals surface area contributed by atoms with Crippen molar-refractivity contribution >= 4 is 45.9 Å². The Morgan fingerprint density at radius 1 is 1.19 bits per heavy atom. The number of nitrogen functional groups attached to an aromatic ring is 1. The average molecular weight is 393 g/mol. The normalized spacial score (nSPS) is 10.9. The lowest BCUT2D eigenvalue weighted by molar-refractivity contribution is -0.134. The van der Waals surface area contributed by atoms with E-state index in [4.69, 9.17) is 33.7 Å². The molecule has 0 aliphatic rings. The average Bonchev–Trinajstić information content (AvgIpc) is 2.56. The van der Waals surface area contributed by atoms with Crippen LogP contribution in [0, 0.1) is 5.82 Å². The molecule has 1 heterocycles. The van der Waals surface area contributed by atoms with Gasteiger partial charge in [-0.1, -0.05) is 30.1 Å². The van der Waals surface area contributed by atoms with Gasteiger partial charge in [0.25, 0.3) is 0 Å². The first-order valence-corrected chi connectivity index (χ1v) is 8.71. The molecule has 0 aliphatic heterocycles. The van der Waals surface area contributed by atoms with Crippen LogP contribution >= 0.6 is 23.2 Å². The Balaban J connectivity index is 2.22. The Morgan fingerprint density at radius 2 is 1.88 bits per heavy atom. The third-order valence-corrected chi connectivity index (χ3v) is 4.39. The number of rotatable bonds is 4. The van der Waals surface area contributed by atoms with Crippen molar-refractivity contribution in [3.63, 3.8) is 0 Å². The predicted octanol–water partition coefficient (Wildman–Crippen LogP) is 5.64. The second kappa shape index (κ2) is 7.48. The number of esters is 1. The van der Waals surface area contributed by atoms with Crippen LogP contribution in [0.4, 0.5) is 10.2 Å². The van der Waals surface area contributed by atoms with Gasteiger partial charge < -0.3 is 10.5 Å². The number of benzene rings is 2. The molecule has 3 rings (SSSR count). The fourth-order valence-corrected chi connectivity index (χ4v) is 3.35. The zero-order valence-corrected chi connectivity index (χ0v) is 15.4. The minimum absolute atomic E-state index is 0.170. The van der Waals surface area contributed by atoms with Crippen LogP contribution < -0.4 is 10.5 Å². The highest BCUT2D eigenvalue weighted by Gasteiger charge is 2.17. The molecule has 0 unspecified atom stereocenters. The van der Waals surface area contributed by atoms with E-state index in [1.165, 1.54) is 12.1 Å². The topological polar surface area (TPSA) is 65.2 Å². The number of nitrogens with zero attached hydrogens (tertiary/aromatic N) is 1. The van der Waals surface area contributed by atoms with E-state index in [-0.39, 0.29) is 21.8 Å². The molecule has 0 saturated carbocycles. The number of aromatic nitrogens is 1. The van der Waals surface area contributed by atoms with Crippen LogP contribution in [0.2, 0.25) is 10.0 Å². The number of nitrogens with two attached hydrogens (primary N) is 1. The van der Waals surface area contributed by atoms with Crippen molar-refractivity contribution in [3.05, 3.63) is 52.3 Å². The molecule has 2 N–H and O–H groups in total. The third kappa shape index (κ3) is 3.59. The summed E-state index contributed by atoms with van der Waals surface area (Å²) < 4.78 is 18.9. The van der Waals surface area contributed by atoms with E-state index in [1.54, 1.807) is 24.3 Å². The molecule has 0 amide bonds. The van der Waals surface area contributed by atoms with Gasteiger partial charge in [-0.05, 0) is 48.4 Å². The molecule has 0 atom stereocenters. The van der Waals surface area contributed by atoms with Crippen LogP contribution in [0.3, 0.4) is 0 Å². The van der Waals surface area contributed by atoms with Gasteiger partial charge in [0.2, 0.25) is 0 Å². The molecule has 0 bridgehead atoms. The standard InChI is InChI=1S/C19H15Cl2FN2O2/c1-2-3-17(25)26-15-6-4-11(12-5-7-16(23)24-19(12)15)18-13(20)8-10(22)9-14(18)21/h4-9H,2-3H2,1H3,(H2,23,24). The number of hydrogen-bond acceptors (Lipinski definition) is 4. The Kier molecular flexibility index (Phi) is 5.30. The van der Waals surface area contributed by atoms with E-state index in [1.807, 2.05) is 6.92 Å². The van der Waals surface area contributed by atoms with Gasteiger partial charge in [-0.25, -0.2) is 9.37 Å². The molecule has 0 aliphatic carbocycles. The second-order valence-corrected chi connectivity index (χ2v) is 6.53. The maximum absolute atomic E-state index is 13.5. The Bertz CT molecular complexity index is 985. The first-order chi connectivity index (χ1) is 12.4. The summed E-state index contributed by atoms with van der Waals surface area (Å²) >= 11 is 12.4. The van der Waals surface area contributed by atoms with Crippen molar-refractivity contribution < 1.29 is 13.9 Å². The number of carbonyl (C=O) groups is 1. The Hall–Kier alpha value is -2.37. The van der Waals surface area contributed by atoms with Gasteiger partial charge in [-0.15, -0.1) is 0 Å². The molecule has 3 aromatic rings. The van der Waals surface area contributed by atoms with E-state index in [2.05, 4.69) is 4.98 Å². The SMILES string of the molecule is CCCC(=O)Oc1ccc(-c2c(Cl)cc(F)cc2Cl)c2ccc(N)nc12. The molecule has 0 saturated heterocycles. The van der Waals surface area contributed by atoms with Crippen molar-refractivity contribution in [1.29, 1.82) is 0 Å². The minimum atomic E-state index is -0.527. The number of pyridine rings is 1. The molecule has 0 fully saturated rings. The largest absolute Gasteiger partial charge is 0.424 e. The summed E-state index contributed by atoms with van der Waals surface area (Å²) in [5.74, 6) is -0.313. The molecule has 2 aromatic carbocycles. The second-order valence-electron chi connectivity index (χ2n) is 5.71. The van der Waals surface area contributed by atoms with Gasteiger partial charge in [0.1, 0.15) is 17.2 Å². The summed E-state index contributed by atoms with van der Waals surface area (Å²) in [6.07, 6.45) is 0.965. The van der Waals surface area contributed by atoms with Crippen molar-refractivity contribution in [1.82, 2.24) is 4.98 Å². The van der Waals surface area contributed by atoms with Crippen LogP contribution in [-0.2, 0) is 4.79 Å². The van der Waals surface area contributed by atoms with Crippen molar-refractivity contribution in [2.24, 2.45) is 0 Å². The zero-order valence-electron chi connectivity index (χ0n) is 13.9. The summed E-state index contributed by atoms with van der Waals surface area (Å²) in [6, 6.07) is 9.05. The van der Waals surface area contributed by atoms with E-state index in [9.17, 15) is 9.18 Å². The summed E-state index contributed by atoms with van der Waals surface area (Å²) in [4.78, 5) is 16.2. The van der Waals surface area contributed by atoms with E-state index in [0.717, 1.165) is 0 Å². The van der Waals surface area contributed by atoms with E-state index >= 15 is 0 Å². The fraction of sp³-hybridized carbons (Fsp3) is 0.158. The van der Waals surface area contributed by atoms with Crippen molar-refractivity contribution in [3.8, 4) is 16.9 Å². The van der Waals surface area contributed by atoms with Crippen LogP contribution in [0.15, 0.2) is 36.4 Å². The summed E-state index contributed by atoms with van der Waals surface area (Å²) in [5, 5.41) is 0.976. The van der Waals surface area contributed by atoms with E-state index < -0.39 is 5.82 Å². The third-order valence-electron chi connectivity index (χ3n) is 3.80. The number of hydrogen-bond donors (Lipinski definition) is 1. The Labute approximate surface area is 159 Å². The lowest BCUT2D eigenvalue weighted by Gasteiger charge is -2.14. The minimum Gasteiger partial charge on any atom is -0.424 e. The van der Waals surface area contributed by atoms with Gasteiger partial charge in [-0.3, -0.25) is 4.79 Å². The maximum Gasteiger partial charge on any atom is 0.311 e. The highest BCUT2D eigenvalue weighted by molar-refractivity contribution is 6.39. The smallest absolute Gasteiger partial charge is 0.311 e. The number of anilines is 1. The molecule has 1 aromatic heterocycles. The van der Waals surface area contributed by atoms with E-state index in [0.29, 0.717) is 40.6 Å². The van der Waals surface area contributed by atoms with Gasteiger partial charge in [0.15, 0.2) is 5.75 Å². The summed E-state index contributed by atoms with van der Waals surface area (Å²) in [5.41, 5.74) is 7.31. The number of ether oxygens (including phenoxy) is 1. The zero-order chi connectivity index (χ0) is 18.8. The van der Waals surface area contributed by atoms with Gasteiger partial charge in [0.05, 0.1) is 10.0 Å². The fourth-order valence-electron chi connectivity index (χ4n) is 2.68. The van der Waals surface area contributed by atoms with Crippen LogP contribution in [0.25, 0.3) is 22.0 Å². The first kappa shape index (κ1) is 18.4. The first-order valence-electron chi connectivity index (χ1n) is 7.95. The van der Waals surface area contributed by atoms with Gasteiger partial charge in [0, 0.05) is 17.4 Å². The molecular weight excluding hydrogens is 378 g/mol. The Morgan fingerprint density at radius 3 is 2.54 bits per heavy atom. The highest BCUT2D eigenvalue weighted by atomic mass is 35.5. The molecule has 0 spiro atoms. The molecule has 4 nitrogen and oxygen atoms in total.